The lowest BCUT2D eigenvalue weighted by Crippen LogP contribution is -2.50. The number of benzene rings is 1. The van der Waals surface area contributed by atoms with E-state index in [0.29, 0.717) is 0 Å². The first-order valence-corrected chi connectivity index (χ1v) is 7.01. The van der Waals surface area contributed by atoms with Gasteiger partial charge in [0, 0.05) is 13.7 Å². The summed E-state index contributed by atoms with van der Waals surface area (Å²) in [7, 11) is 1.58. The Balaban J connectivity index is 3.01. The van der Waals surface area contributed by atoms with Crippen LogP contribution >= 0.6 is 0 Å². The molecule has 0 heterocycles. The van der Waals surface area contributed by atoms with Gasteiger partial charge in [0.25, 0.3) is 0 Å². The second-order valence-electron chi connectivity index (χ2n) is 6.21. The Morgan fingerprint density at radius 3 is 2.24 bits per heavy atom. The molecule has 1 aromatic carbocycles. The number of carbonyl (C=O) groups is 1. The molecule has 2 atom stereocenters. The zero-order valence-corrected chi connectivity index (χ0v) is 13.5. The second kappa shape index (κ2) is 6.91. The second-order valence-corrected chi connectivity index (χ2v) is 6.21. The first-order valence-electron chi connectivity index (χ1n) is 7.01. The summed E-state index contributed by atoms with van der Waals surface area (Å²) in [5, 5.41) is 2.87. The minimum absolute atomic E-state index is 0.263. The standard InChI is InChI=1S/C16H26N2O3/c1-15(2,3)21-14(19)18-13(16(4,11-17)20-5)12-9-7-6-8-10-12/h6-10,13H,11,17H2,1-5H3,(H,18,19). The third-order valence-corrected chi connectivity index (χ3v) is 3.28. The Bertz CT molecular complexity index is 450. The average Bonchev–Trinajstić information content (AvgIpc) is 2.43. The molecule has 5 heteroatoms. The maximum absolute atomic E-state index is 12.1. The van der Waals surface area contributed by atoms with Gasteiger partial charge in [0.2, 0.25) is 0 Å². The smallest absolute Gasteiger partial charge is 0.408 e. The van der Waals surface area contributed by atoms with Crippen molar-refractivity contribution in [1.29, 1.82) is 0 Å². The van der Waals surface area contributed by atoms with Gasteiger partial charge in [0.15, 0.2) is 0 Å². The third-order valence-electron chi connectivity index (χ3n) is 3.28. The molecular weight excluding hydrogens is 268 g/mol. The van der Waals surface area contributed by atoms with E-state index in [1.165, 1.54) is 0 Å². The van der Waals surface area contributed by atoms with E-state index in [-0.39, 0.29) is 6.54 Å². The lowest BCUT2D eigenvalue weighted by atomic mass is 9.90. The number of nitrogens with two attached hydrogens (primary N) is 1. The van der Waals surface area contributed by atoms with Crippen LogP contribution in [0, 0.1) is 0 Å². The van der Waals surface area contributed by atoms with Crippen LogP contribution in [0.5, 0.6) is 0 Å². The molecule has 1 aromatic rings. The third kappa shape index (κ3) is 5.02. The van der Waals surface area contributed by atoms with E-state index >= 15 is 0 Å². The van der Waals surface area contributed by atoms with E-state index in [1.807, 2.05) is 58.0 Å². The molecule has 0 aliphatic rings. The molecule has 0 aliphatic heterocycles. The van der Waals surface area contributed by atoms with Crippen molar-refractivity contribution in [3.63, 3.8) is 0 Å². The molecule has 3 N–H and O–H groups in total. The molecule has 5 nitrogen and oxygen atoms in total. The van der Waals surface area contributed by atoms with E-state index in [4.69, 9.17) is 15.2 Å². The van der Waals surface area contributed by atoms with Crippen LogP contribution in [0.3, 0.4) is 0 Å². The SMILES string of the molecule is COC(C)(CN)C(NC(=O)OC(C)(C)C)c1ccccc1. The Hall–Kier alpha value is -1.59. The molecule has 0 fully saturated rings. The Labute approximate surface area is 126 Å². The van der Waals surface area contributed by atoms with Crippen LogP contribution in [0.1, 0.15) is 39.3 Å². The molecule has 0 aliphatic carbocycles. The summed E-state index contributed by atoms with van der Waals surface area (Å²) in [6.07, 6.45) is -0.493. The molecule has 1 rings (SSSR count). The summed E-state index contributed by atoms with van der Waals surface area (Å²) in [5.74, 6) is 0. The highest BCUT2D eigenvalue weighted by Gasteiger charge is 2.36. The molecule has 118 valence electrons. The average molecular weight is 294 g/mol. The number of hydrogen-bond acceptors (Lipinski definition) is 4. The number of rotatable bonds is 5. The van der Waals surface area contributed by atoms with Crippen molar-refractivity contribution in [2.45, 2.75) is 44.9 Å². The predicted molar refractivity (Wildman–Crippen MR) is 83.0 cm³/mol. The van der Waals surface area contributed by atoms with Gasteiger partial charge >= 0.3 is 6.09 Å². The molecule has 0 spiro atoms. The van der Waals surface area contributed by atoms with Crippen LogP contribution in [0.25, 0.3) is 0 Å². The first kappa shape index (κ1) is 17.5. The fourth-order valence-electron chi connectivity index (χ4n) is 1.98. The molecule has 2 unspecified atom stereocenters. The van der Waals surface area contributed by atoms with E-state index in [0.717, 1.165) is 5.56 Å². The highest BCUT2D eigenvalue weighted by molar-refractivity contribution is 5.68. The van der Waals surface area contributed by atoms with Gasteiger partial charge in [0.05, 0.1) is 6.04 Å². The molecular formula is C16H26N2O3. The minimum Gasteiger partial charge on any atom is -0.444 e. The number of carbonyl (C=O) groups excluding carboxylic acids is 1. The topological polar surface area (TPSA) is 73.6 Å². The Morgan fingerprint density at radius 2 is 1.81 bits per heavy atom. The molecule has 0 saturated carbocycles. The fourth-order valence-corrected chi connectivity index (χ4v) is 1.98. The van der Waals surface area contributed by atoms with Crippen molar-refractivity contribution in [2.24, 2.45) is 5.73 Å². The maximum atomic E-state index is 12.1. The normalized spacial score (nSPS) is 15.9. The lowest BCUT2D eigenvalue weighted by Gasteiger charge is -2.36. The quantitative estimate of drug-likeness (QED) is 0.875. The van der Waals surface area contributed by atoms with Gasteiger partial charge in [-0.2, -0.15) is 0 Å². The fraction of sp³-hybridized carbons (Fsp3) is 0.562. The van der Waals surface area contributed by atoms with Crippen LogP contribution in [-0.4, -0.2) is 30.9 Å². The monoisotopic (exact) mass is 294 g/mol. The van der Waals surface area contributed by atoms with Gasteiger partial charge in [-0.15, -0.1) is 0 Å². The van der Waals surface area contributed by atoms with E-state index in [9.17, 15) is 4.79 Å². The summed E-state index contributed by atoms with van der Waals surface area (Å²) < 4.78 is 10.9. The van der Waals surface area contributed by atoms with Gasteiger partial charge in [0.1, 0.15) is 11.2 Å². The number of hydrogen-bond donors (Lipinski definition) is 2. The van der Waals surface area contributed by atoms with E-state index in [1.54, 1.807) is 7.11 Å². The van der Waals surface area contributed by atoms with Crippen molar-refractivity contribution < 1.29 is 14.3 Å². The van der Waals surface area contributed by atoms with Crippen molar-refractivity contribution in [2.75, 3.05) is 13.7 Å². The van der Waals surface area contributed by atoms with Crippen LogP contribution in [0.4, 0.5) is 4.79 Å². The van der Waals surface area contributed by atoms with Gasteiger partial charge in [-0.3, -0.25) is 0 Å². The summed E-state index contributed by atoms with van der Waals surface area (Å²) in [6.45, 7) is 7.59. The highest BCUT2D eigenvalue weighted by atomic mass is 16.6. The number of amides is 1. The summed E-state index contributed by atoms with van der Waals surface area (Å²) in [4.78, 5) is 12.1. The van der Waals surface area contributed by atoms with Crippen molar-refractivity contribution in [3.8, 4) is 0 Å². The molecule has 0 aromatic heterocycles. The van der Waals surface area contributed by atoms with Crippen LogP contribution in [0.2, 0.25) is 0 Å². The molecule has 0 bridgehead atoms. The van der Waals surface area contributed by atoms with Crippen molar-refractivity contribution in [1.82, 2.24) is 5.32 Å². The number of alkyl carbamates (subject to hydrolysis) is 1. The largest absolute Gasteiger partial charge is 0.444 e. The molecule has 0 radical (unpaired) electrons. The molecule has 0 saturated heterocycles. The summed E-state index contributed by atoms with van der Waals surface area (Å²) >= 11 is 0. The minimum atomic E-state index is -0.724. The zero-order valence-electron chi connectivity index (χ0n) is 13.5. The maximum Gasteiger partial charge on any atom is 0.408 e. The van der Waals surface area contributed by atoms with Crippen molar-refractivity contribution in [3.05, 3.63) is 35.9 Å². The van der Waals surface area contributed by atoms with Gasteiger partial charge in [-0.25, -0.2) is 4.79 Å². The van der Waals surface area contributed by atoms with Crippen molar-refractivity contribution >= 4 is 6.09 Å². The predicted octanol–water partition coefficient (Wildman–Crippen LogP) is 2.62. The van der Waals surface area contributed by atoms with Gasteiger partial charge < -0.3 is 20.5 Å². The number of methoxy groups -OCH3 is 1. The Morgan fingerprint density at radius 1 is 1.24 bits per heavy atom. The molecule has 21 heavy (non-hydrogen) atoms. The molecule has 1 amide bonds. The van der Waals surface area contributed by atoms with Gasteiger partial charge in [-0.05, 0) is 33.3 Å². The number of nitrogens with one attached hydrogen (secondary N) is 1. The number of ether oxygens (including phenoxy) is 2. The van der Waals surface area contributed by atoms with Crippen LogP contribution in [-0.2, 0) is 9.47 Å². The highest BCUT2D eigenvalue weighted by Crippen LogP contribution is 2.28. The lowest BCUT2D eigenvalue weighted by molar-refractivity contribution is -0.0242. The van der Waals surface area contributed by atoms with Crippen LogP contribution < -0.4 is 11.1 Å². The van der Waals surface area contributed by atoms with Gasteiger partial charge in [-0.1, -0.05) is 30.3 Å². The van der Waals surface area contributed by atoms with E-state index in [2.05, 4.69) is 5.32 Å². The zero-order chi connectivity index (χ0) is 16.1. The summed E-state index contributed by atoms with van der Waals surface area (Å²) in [6, 6.07) is 9.19. The van der Waals surface area contributed by atoms with Crippen LogP contribution in [0.15, 0.2) is 30.3 Å². The summed E-state index contributed by atoms with van der Waals surface area (Å²) in [5.41, 5.74) is 5.47. The van der Waals surface area contributed by atoms with E-state index < -0.39 is 23.3 Å². The first-order chi connectivity index (χ1) is 9.72. The Kier molecular flexibility index (Phi) is 5.75.